The van der Waals surface area contributed by atoms with Crippen molar-refractivity contribution in [2.45, 2.75) is 78.0 Å². The first-order valence-corrected chi connectivity index (χ1v) is 7.45. The van der Waals surface area contributed by atoms with Crippen molar-refractivity contribution in [1.82, 2.24) is 15.5 Å². The Bertz CT molecular complexity index is 500. The van der Waals surface area contributed by atoms with E-state index in [1.807, 2.05) is 27.7 Å². The highest BCUT2D eigenvalue weighted by molar-refractivity contribution is 5.68. The molecule has 1 aromatic rings. The molecule has 2 N–H and O–H groups in total. The highest BCUT2D eigenvalue weighted by atomic mass is 16.6. The van der Waals surface area contributed by atoms with E-state index < -0.39 is 23.8 Å². The Hall–Kier alpha value is -1.63. The molecule has 0 aliphatic heterocycles. The molecule has 0 spiro atoms. The van der Waals surface area contributed by atoms with E-state index in [1.165, 1.54) is 0 Å². The summed E-state index contributed by atoms with van der Waals surface area (Å²) in [4.78, 5) is 16.0. The molecule has 1 aromatic heterocycles. The van der Waals surface area contributed by atoms with Gasteiger partial charge in [-0.2, -0.15) is 4.98 Å². The van der Waals surface area contributed by atoms with E-state index >= 15 is 0 Å². The first-order valence-electron chi connectivity index (χ1n) is 7.45. The Morgan fingerprint density at radius 1 is 1.32 bits per heavy atom. The van der Waals surface area contributed by atoms with Crippen molar-refractivity contribution in [2.75, 3.05) is 0 Å². The molecule has 1 amide bonds. The van der Waals surface area contributed by atoms with Gasteiger partial charge in [0.15, 0.2) is 11.9 Å². The van der Waals surface area contributed by atoms with E-state index in [0.717, 1.165) is 0 Å². The van der Waals surface area contributed by atoms with Crippen molar-refractivity contribution in [1.29, 1.82) is 0 Å². The molecule has 0 fully saturated rings. The van der Waals surface area contributed by atoms with Crippen LogP contribution in [0.3, 0.4) is 0 Å². The SMILES string of the molecule is CC[C@H](NC(=O)OC(C)(C)C)C(O)c1nc(C(C)(C)C)no1. The van der Waals surface area contributed by atoms with Gasteiger partial charge in [0.05, 0.1) is 6.04 Å². The number of ether oxygens (including phenoxy) is 1. The van der Waals surface area contributed by atoms with Crippen LogP contribution in [0.5, 0.6) is 0 Å². The summed E-state index contributed by atoms with van der Waals surface area (Å²) in [5.41, 5.74) is -0.876. The number of hydrogen-bond acceptors (Lipinski definition) is 6. The lowest BCUT2D eigenvalue weighted by atomic mass is 9.96. The number of carbonyl (C=O) groups is 1. The minimum atomic E-state index is -1.08. The molecule has 7 heteroatoms. The first-order chi connectivity index (χ1) is 9.94. The summed E-state index contributed by atoms with van der Waals surface area (Å²) in [6.45, 7) is 13.0. The second-order valence-electron chi connectivity index (χ2n) is 7.31. The number of alkyl carbamates (subject to hydrolysis) is 1. The van der Waals surface area contributed by atoms with E-state index in [1.54, 1.807) is 20.8 Å². The largest absolute Gasteiger partial charge is 0.444 e. The third-order valence-electron chi connectivity index (χ3n) is 2.89. The molecular weight excluding hydrogens is 286 g/mol. The molecule has 0 saturated carbocycles. The Labute approximate surface area is 131 Å². The summed E-state index contributed by atoms with van der Waals surface area (Å²) in [6.07, 6.45) is -1.18. The van der Waals surface area contributed by atoms with Gasteiger partial charge in [0, 0.05) is 5.41 Å². The van der Waals surface area contributed by atoms with Crippen LogP contribution in [0.2, 0.25) is 0 Å². The summed E-state index contributed by atoms with van der Waals surface area (Å²) in [7, 11) is 0. The topological polar surface area (TPSA) is 97.5 Å². The Morgan fingerprint density at radius 2 is 1.91 bits per heavy atom. The molecule has 0 bridgehead atoms. The van der Waals surface area contributed by atoms with Crippen molar-refractivity contribution >= 4 is 6.09 Å². The number of nitrogens with one attached hydrogen (secondary N) is 1. The van der Waals surface area contributed by atoms with Crippen LogP contribution >= 0.6 is 0 Å². The molecule has 22 heavy (non-hydrogen) atoms. The fraction of sp³-hybridized carbons (Fsp3) is 0.800. The molecule has 0 aromatic carbocycles. The number of hydrogen-bond donors (Lipinski definition) is 2. The molecule has 7 nitrogen and oxygen atoms in total. The lowest BCUT2D eigenvalue weighted by Crippen LogP contribution is -2.42. The lowest BCUT2D eigenvalue weighted by Gasteiger charge is -2.24. The van der Waals surface area contributed by atoms with E-state index in [4.69, 9.17) is 9.26 Å². The smallest absolute Gasteiger partial charge is 0.407 e. The van der Waals surface area contributed by atoms with Gasteiger partial charge in [-0.25, -0.2) is 4.79 Å². The number of nitrogens with zero attached hydrogens (tertiary/aromatic N) is 2. The number of aliphatic hydroxyl groups is 1. The van der Waals surface area contributed by atoms with Gasteiger partial charge in [-0.15, -0.1) is 0 Å². The maximum Gasteiger partial charge on any atom is 0.407 e. The third kappa shape index (κ3) is 5.29. The summed E-state index contributed by atoms with van der Waals surface area (Å²) in [5.74, 6) is 0.599. The molecule has 1 unspecified atom stereocenters. The minimum Gasteiger partial charge on any atom is -0.444 e. The van der Waals surface area contributed by atoms with Crippen LogP contribution in [-0.4, -0.2) is 33.0 Å². The maximum atomic E-state index is 11.8. The molecule has 2 atom stereocenters. The number of aromatic nitrogens is 2. The number of carbonyl (C=O) groups excluding carboxylic acids is 1. The zero-order valence-corrected chi connectivity index (χ0v) is 14.4. The van der Waals surface area contributed by atoms with E-state index in [-0.39, 0.29) is 11.3 Å². The summed E-state index contributed by atoms with van der Waals surface area (Å²) in [5, 5.41) is 16.8. The average Bonchev–Trinajstić information content (AvgIpc) is 2.82. The van der Waals surface area contributed by atoms with E-state index in [9.17, 15) is 9.90 Å². The predicted molar refractivity (Wildman–Crippen MR) is 81.4 cm³/mol. The van der Waals surface area contributed by atoms with Crippen LogP contribution in [0.15, 0.2) is 4.52 Å². The van der Waals surface area contributed by atoms with Crippen LogP contribution in [-0.2, 0) is 10.2 Å². The van der Waals surface area contributed by atoms with Gasteiger partial charge < -0.3 is 19.7 Å². The van der Waals surface area contributed by atoms with Gasteiger partial charge in [0.2, 0.25) is 0 Å². The second kappa shape index (κ2) is 6.64. The lowest BCUT2D eigenvalue weighted by molar-refractivity contribution is 0.0375. The Morgan fingerprint density at radius 3 is 2.32 bits per heavy atom. The Kier molecular flexibility index (Phi) is 5.56. The summed E-state index contributed by atoms with van der Waals surface area (Å²) in [6, 6.07) is -0.567. The van der Waals surface area contributed by atoms with Crippen molar-refractivity contribution < 1.29 is 19.2 Å². The number of amides is 1. The molecular formula is C15H27N3O4. The number of aliphatic hydroxyl groups excluding tert-OH is 1. The van der Waals surface area contributed by atoms with Gasteiger partial charge in [0.1, 0.15) is 5.60 Å². The zero-order chi connectivity index (χ0) is 17.1. The quantitative estimate of drug-likeness (QED) is 0.887. The minimum absolute atomic E-state index is 0.0906. The van der Waals surface area contributed by atoms with Gasteiger partial charge in [-0.05, 0) is 27.2 Å². The van der Waals surface area contributed by atoms with Crippen LogP contribution in [0, 0.1) is 0 Å². The predicted octanol–water partition coefficient (Wildman–Crippen LogP) is 2.70. The van der Waals surface area contributed by atoms with Crippen molar-refractivity contribution in [3.8, 4) is 0 Å². The molecule has 0 saturated heterocycles. The highest BCUT2D eigenvalue weighted by Gasteiger charge is 2.30. The normalized spacial score (nSPS) is 15.3. The summed E-state index contributed by atoms with van der Waals surface area (Å²) < 4.78 is 10.3. The summed E-state index contributed by atoms with van der Waals surface area (Å²) >= 11 is 0. The van der Waals surface area contributed by atoms with Crippen LogP contribution in [0.1, 0.15) is 72.7 Å². The zero-order valence-electron chi connectivity index (χ0n) is 14.4. The fourth-order valence-corrected chi connectivity index (χ4v) is 1.70. The second-order valence-corrected chi connectivity index (χ2v) is 7.31. The third-order valence-corrected chi connectivity index (χ3v) is 2.89. The Balaban J connectivity index is 2.78. The highest BCUT2D eigenvalue weighted by Crippen LogP contribution is 2.23. The first kappa shape index (κ1) is 18.4. The van der Waals surface area contributed by atoms with Crippen molar-refractivity contribution in [3.63, 3.8) is 0 Å². The molecule has 0 aliphatic carbocycles. The van der Waals surface area contributed by atoms with Gasteiger partial charge in [-0.1, -0.05) is 32.9 Å². The molecule has 1 rings (SSSR count). The number of rotatable bonds is 4. The van der Waals surface area contributed by atoms with Crippen LogP contribution in [0.25, 0.3) is 0 Å². The maximum absolute atomic E-state index is 11.8. The average molecular weight is 313 g/mol. The molecule has 0 aliphatic rings. The van der Waals surface area contributed by atoms with Gasteiger partial charge >= 0.3 is 6.09 Å². The van der Waals surface area contributed by atoms with E-state index in [2.05, 4.69) is 15.5 Å². The molecule has 1 heterocycles. The van der Waals surface area contributed by atoms with Crippen LogP contribution < -0.4 is 5.32 Å². The van der Waals surface area contributed by atoms with Gasteiger partial charge in [0.25, 0.3) is 5.89 Å². The van der Waals surface area contributed by atoms with Crippen molar-refractivity contribution in [2.24, 2.45) is 0 Å². The van der Waals surface area contributed by atoms with Gasteiger partial charge in [-0.3, -0.25) is 0 Å². The molecule has 0 radical (unpaired) electrons. The van der Waals surface area contributed by atoms with Crippen molar-refractivity contribution in [3.05, 3.63) is 11.7 Å². The monoisotopic (exact) mass is 313 g/mol. The fourth-order valence-electron chi connectivity index (χ4n) is 1.70. The van der Waals surface area contributed by atoms with E-state index in [0.29, 0.717) is 12.2 Å². The standard InChI is InChI=1S/C15H27N3O4/c1-8-9(16-13(20)21-15(5,6)7)10(19)11-17-12(18-22-11)14(2,3)4/h9-10,19H,8H2,1-7H3,(H,16,20)/t9-,10?/m0/s1. The van der Waals surface area contributed by atoms with Crippen LogP contribution in [0.4, 0.5) is 4.79 Å². The molecule has 126 valence electrons.